The summed E-state index contributed by atoms with van der Waals surface area (Å²) < 4.78 is 6.24. The van der Waals surface area contributed by atoms with Gasteiger partial charge in [0.15, 0.2) is 0 Å². The molecule has 2 unspecified atom stereocenters. The van der Waals surface area contributed by atoms with E-state index >= 15 is 0 Å². The van der Waals surface area contributed by atoms with Crippen molar-refractivity contribution in [3.8, 4) is 0 Å². The smallest absolute Gasteiger partial charge is 0.0761 e. The van der Waals surface area contributed by atoms with Crippen LogP contribution in [0.2, 0.25) is 0 Å². The standard InChI is InChI=1S/C21H45IN4OS/c1-18(8-6-5-7-10-26-11-12-27-15-20(26)3)14-24-17-21(4,23)25-9-13-28-16-19(2)22/h18-20,24-25H,5-17,23H2,1-4H3/t18-,19?,20?,21-/m0/s1. The number of hydrogen-bond donors (Lipinski definition) is 3. The first-order chi connectivity index (χ1) is 13.3. The maximum absolute atomic E-state index is 6.37. The van der Waals surface area contributed by atoms with Crippen LogP contribution < -0.4 is 16.4 Å². The molecule has 1 heterocycles. The van der Waals surface area contributed by atoms with Crippen LogP contribution in [-0.2, 0) is 4.74 Å². The summed E-state index contributed by atoms with van der Waals surface area (Å²) in [6.45, 7) is 15.9. The predicted octanol–water partition coefficient (Wildman–Crippen LogP) is 3.31. The number of nitrogens with zero attached hydrogens (tertiary/aromatic N) is 1. The minimum atomic E-state index is -0.328. The summed E-state index contributed by atoms with van der Waals surface area (Å²) in [5, 5.41) is 7.04. The lowest BCUT2D eigenvalue weighted by Gasteiger charge is -2.33. The molecule has 0 spiro atoms. The average Bonchev–Trinajstić information content (AvgIpc) is 2.62. The predicted molar refractivity (Wildman–Crippen MR) is 134 cm³/mol. The van der Waals surface area contributed by atoms with E-state index in [2.05, 4.69) is 65.8 Å². The summed E-state index contributed by atoms with van der Waals surface area (Å²) in [6.07, 6.45) is 5.26. The highest BCUT2D eigenvalue weighted by Gasteiger charge is 2.18. The van der Waals surface area contributed by atoms with E-state index in [9.17, 15) is 0 Å². The van der Waals surface area contributed by atoms with Gasteiger partial charge in [0.25, 0.3) is 0 Å². The molecule has 7 heteroatoms. The molecule has 168 valence electrons. The van der Waals surface area contributed by atoms with E-state index in [-0.39, 0.29) is 5.66 Å². The molecule has 4 N–H and O–H groups in total. The molecule has 1 aliphatic rings. The van der Waals surface area contributed by atoms with E-state index in [1.54, 1.807) is 0 Å². The molecule has 0 aromatic heterocycles. The summed E-state index contributed by atoms with van der Waals surface area (Å²) in [5.74, 6) is 3.05. The number of alkyl halides is 1. The summed E-state index contributed by atoms with van der Waals surface area (Å²) in [7, 11) is 0. The van der Waals surface area contributed by atoms with E-state index in [4.69, 9.17) is 10.5 Å². The van der Waals surface area contributed by atoms with Gasteiger partial charge in [-0.25, -0.2) is 0 Å². The Morgan fingerprint density at radius 2 is 2.11 bits per heavy atom. The van der Waals surface area contributed by atoms with Crippen molar-refractivity contribution in [2.75, 3.05) is 57.4 Å². The number of unbranched alkanes of at least 4 members (excludes halogenated alkanes) is 2. The molecule has 4 atom stereocenters. The van der Waals surface area contributed by atoms with Gasteiger partial charge in [-0.1, -0.05) is 49.3 Å². The van der Waals surface area contributed by atoms with E-state index in [0.717, 1.165) is 49.1 Å². The van der Waals surface area contributed by atoms with Crippen molar-refractivity contribution in [3.05, 3.63) is 0 Å². The molecular formula is C21H45IN4OS. The molecule has 5 nitrogen and oxygen atoms in total. The lowest BCUT2D eigenvalue weighted by atomic mass is 10.0. The second kappa shape index (κ2) is 15.6. The number of nitrogens with two attached hydrogens (primary N) is 1. The third kappa shape index (κ3) is 14.0. The molecule has 1 rings (SSSR count). The Balaban J connectivity index is 1.98. The van der Waals surface area contributed by atoms with Crippen LogP contribution in [0.15, 0.2) is 0 Å². The molecule has 0 amide bonds. The van der Waals surface area contributed by atoms with Gasteiger partial charge in [-0.05, 0) is 45.7 Å². The van der Waals surface area contributed by atoms with E-state index in [1.165, 1.54) is 38.0 Å². The Hall–Kier alpha value is 0.880. The number of ether oxygens (including phenoxy) is 1. The molecule has 1 saturated heterocycles. The molecule has 0 aromatic rings. The van der Waals surface area contributed by atoms with Crippen LogP contribution in [0.25, 0.3) is 0 Å². The van der Waals surface area contributed by atoms with Crippen molar-refractivity contribution in [1.82, 2.24) is 15.5 Å². The van der Waals surface area contributed by atoms with Gasteiger partial charge in [-0.2, -0.15) is 11.8 Å². The van der Waals surface area contributed by atoms with Gasteiger partial charge in [0.2, 0.25) is 0 Å². The highest BCUT2D eigenvalue weighted by Crippen LogP contribution is 2.12. The van der Waals surface area contributed by atoms with Gasteiger partial charge in [0, 0.05) is 41.1 Å². The summed E-state index contributed by atoms with van der Waals surface area (Å²) in [6, 6.07) is 0.587. The second-order valence-electron chi connectivity index (χ2n) is 8.75. The number of nitrogens with one attached hydrogen (secondary N) is 2. The Morgan fingerprint density at radius 1 is 1.32 bits per heavy atom. The van der Waals surface area contributed by atoms with Crippen LogP contribution in [0.5, 0.6) is 0 Å². The molecule has 1 fully saturated rings. The zero-order chi connectivity index (χ0) is 20.8. The fourth-order valence-corrected chi connectivity index (χ4v) is 4.98. The molecule has 0 saturated carbocycles. The molecule has 0 radical (unpaired) electrons. The van der Waals surface area contributed by atoms with E-state index in [1.807, 2.05) is 11.8 Å². The van der Waals surface area contributed by atoms with E-state index < -0.39 is 0 Å². The van der Waals surface area contributed by atoms with Crippen LogP contribution in [-0.4, -0.2) is 78.0 Å². The van der Waals surface area contributed by atoms with Gasteiger partial charge in [0.05, 0.1) is 18.9 Å². The Bertz CT molecular complexity index is 387. The Labute approximate surface area is 192 Å². The van der Waals surface area contributed by atoms with Crippen molar-refractivity contribution in [2.24, 2.45) is 11.7 Å². The van der Waals surface area contributed by atoms with Crippen molar-refractivity contribution in [1.29, 1.82) is 0 Å². The zero-order valence-electron chi connectivity index (χ0n) is 18.6. The topological polar surface area (TPSA) is 62.5 Å². The molecule has 0 aromatic carbocycles. The minimum Gasteiger partial charge on any atom is -0.379 e. The lowest BCUT2D eigenvalue weighted by molar-refractivity contribution is -0.000939. The average molecular weight is 529 g/mol. The summed E-state index contributed by atoms with van der Waals surface area (Å²) >= 11 is 4.47. The number of rotatable bonds is 16. The van der Waals surface area contributed by atoms with Crippen molar-refractivity contribution in [2.45, 2.75) is 69.0 Å². The Morgan fingerprint density at radius 3 is 2.82 bits per heavy atom. The van der Waals surface area contributed by atoms with Gasteiger partial charge < -0.3 is 15.8 Å². The molecule has 1 aliphatic heterocycles. The lowest BCUT2D eigenvalue weighted by Crippen LogP contribution is -2.58. The summed E-state index contributed by atoms with van der Waals surface area (Å²) in [4.78, 5) is 2.57. The van der Waals surface area contributed by atoms with Crippen LogP contribution in [0.4, 0.5) is 0 Å². The first-order valence-electron chi connectivity index (χ1n) is 11.1. The van der Waals surface area contributed by atoms with Gasteiger partial charge in [-0.15, -0.1) is 0 Å². The number of halogens is 1. The van der Waals surface area contributed by atoms with Crippen molar-refractivity contribution in [3.63, 3.8) is 0 Å². The van der Waals surface area contributed by atoms with Gasteiger partial charge in [-0.3, -0.25) is 10.2 Å². The zero-order valence-corrected chi connectivity index (χ0v) is 21.6. The normalized spacial score (nSPS) is 22.7. The van der Waals surface area contributed by atoms with Crippen LogP contribution in [0.1, 0.15) is 53.4 Å². The van der Waals surface area contributed by atoms with Crippen LogP contribution >= 0.6 is 34.4 Å². The Kier molecular flexibility index (Phi) is 15.0. The van der Waals surface area contributed by atoms with Crippen molar-refractivity contribution < 1.29 is 4.74 Å². The summed E-state index contributed by atoms with van der Waals surface area (Å²) in [5.41, 5.74) is 6.04. The fourth-order valence-electron chi connectivity index (χ4n) is 3.48. The largest absolute Gasteiger partial charge is 0.379 e. The van der Waals surface area contributed by atoms with Gasteiger partial charge >= 0.3 is 0 Å². The maximum atomic E-state index is 6.37. The first-order valence-corrected chi connectivity index (χ1v) is 13.5. The molecule has 0 aliphatic carbocycles. The third-order valence-electron chi connectivity index (χ3n) is 5.26. The highest BCUT2D eigenvalue weighted by atomic mass is 127. The number of thioether (sulfide) groups is 1. The van der Waals surface area contributed by atoms with Gasteiger partial charge in [0.1, 0.15) is 0 Å². The molecule has 0 bridgehead atoms. The van der Waals surface area contributed by atoms with Crippen LogP contribution in [0.3, 0.4) is 0 Å². The number of hydrogen-bond acceptors (Lipinski definition) is 6. The van der Waals surface area contributed by atoms with Crippen molar-refractivity contribution >= 4 is 34.4 Å². The molecule has 28 heavy (non-hydrogen) atoms. The monoisotopic (exact) mass is 528 g/mol. The minimum absolute atomic E-state index is 0.328. The van der Waals surface area contributed by atoms with E-state index in [0.29, 0.717) is 12.0 Å². The second-order valence-corrected chi connectivity index (χ2v) is 12.0. The SMILES string of the molecule is CC(I)CSCCN[C@](C)(N)CNC[C@@H](C)CCCCCN1CCOCC1C. The quantitative estimate of drug-likeness (QED) is 0.124. The maximum Gasteiger partial charge on any atom is 0.0761 e. The number of morpholine rings is 1. The fraction of sp³-hybridized carbons (Fsp3) is 1.00. The third-order valence-corrected chi connectivity index (χ3v) is 7.52. The highest BCUT2D eigenvalue weighted by molar-refractivity contribution is 14.1. The first kappa shape index (κ1) is 26.9. The van der Waals surface area contributed by atoms with Crippen LogP contribution in [0, 0.1) is 5.92 Å². The molecular weight excluding hydrogens is 483 g/mol.